The van der Waals surface area contributed by atoms with Crippen molar-refractivity contribution < 1.29 is 9.59 Å². The van der Waals surface area contributed by atoms with E-state index in [0.717, 1.165) is 30.8 Å². The standard InChI is InChI=1S/C20H27N5O2/c1-14(2)24-20(27)17-13-23-25-10-8-15(11-18(17)25)12-22-19(26)7-6-16-5-3-4-9-21-16/h3-5,9,13-15H,6-8,10-12H2,1-2H3,(H,22,26)(H,24,27)/t15-/m1/s1. The van der Waals surface area contributed by atoms with Crippen LogP contribution in [0.1, 0.15) is 48.4 Å². The first-order chi connectivity index (χ1) is 13.0. The first-order valence-corrected chi connectivity index (χ1v) is 9.55. The fourth-order valence-corrected chi connectivity index (χ4v) is 3.34. The van der Waals surface area contributed by atoms with Crippen molar-refractivity contribution in [1.82, 2.24) is 25.4 Å². The zero-order chi connectivity index (χ0) is 19.2. The molecule has 0 radical (unpaired) electrons. The smallest absolute Gasteiger partial charge is 0.254 e. The van der Waals surface area contributed by atoms with Crippen LogP contribution in [0.4, 0.5) is 0 Å². The normalized spacial score (nSPS) is 16.0. The SMILES string of the molecule is CC(C)NC(=O)c1cnn2c1C[C@H](CNC(=O)CCc1ccccn1)CC2. The largest absolute Gasteiger partial charge is 0.356 e. The Morgan fingerprint density at radius 3 is 2.93 bits per heavy atom. The second-order valence-corrected chi connectivity index (χ2v) is 7.34. The van der Waals surface area contributed by atoms with Gasteiger partial charge in [0, 0.05) is 37.4 Å². The molecule has 7 heteroatoms. The van der Waals surface area contributed by atoms with E-state index in [1.165, 1.54) is 0 Å². The van der Waals surface area contributed by atoms with Gasteiger partial charge in [-0.3, -0.25) is 19.3 Å². The summed E-state index contributed by atoms with van der Waals surface area (Å²) in [4.78, 5) is 28.7. The zero-order valence-corrected chi connectivity index (χ0v) is 15.9. The first kappa shape index (κ1) is 19.1. The van der Waals surface area contributed by atoms with Crippen molar-refractivity contribution in [2.24, 2.45) is 5.92 Å². The van der Waals surface area contributed by atoms with Gasteiger partial charge in [-0.25, -0.2) is 0 Å². The van der Waals surface area contributed by atoms with Crippen LogP contribution in [0.15, 0.2) is 30.6 Å². The minimum Gasteiger partial charge on any atom is -0.356 e. The number of hydrogen-bond acceptors (Lipinski definition) is 4. The highest BCUT2D eigenvalue weighted by Gasteiger charge is 2.25. The molecule has 3 rings (SSSR count). The minimum atomic E-state index is -0.0775. The quantitative estimate of drug-likeness (QED) is 0.778. The number of rotatable bonds is 7. The van der Waals surface area contributed by atoms with Gasteiger partial charge in [0.1, 0.15) is 0 Å². The lowest BCUT2D eigenvalue weighted by Gasteiger charge is -2.24. The number of aromatic nitrogens is 3. The summed E-state index contributed by atoms with van der Waals surface area (Å²) in [6.45, 7) is 5.28. The number of carbonyl (C=O) groups is 2. The lowest BCUT2D eigenvalue weighted by atomic mass is 9.94. The molecule has 0 bridgehead atoms. The molecule has 27 heavy (non-hydrogen) atoms. The van der Waals surface area contributed by atoms with Crippen molar-refractivity contribution in [1.29, 1.82) is 0 Å². The number of hydrogen-bond donors (Lipinski definition) is 2. The molecule has 7 nitrogen and oxygen atoms in total. The Morgan fingerprint density at radius 2 is 2.19 bits per heavy atom. The predicted molar refractivity (Wildman–Crippen MR) is 102 cm³/mol. The van der Waals surface area contributed by atoms with Gasteiger partial charge in [0.15, 0.2) is 0 Å². The van der Waals surface area contributed by atoms with Gasteiger partial charge < -0.3 is 10.6 Å². The van der Waals surface area contributed by atoms with E-state index in [2.05, 4.69) is 20.7 Å². The van der Waals surface area contributed by atoms with Crippen molar-refractivity contribution >= 4 is 11.8 Å². The molecule has 0 unspecified atom stereocenters. The molecule has 1 atom stereocenters. The van der Waals surface area contributed by atoms with E-state index in [1.54, 1.807) is 12.4 Å². The van der Waals surface area contributed by atoms with E-state index < -0.39 is 0 Å². The second kappa shape index (κ2) is 8.79. The molecule has 0 saturated carbocycles. The molecule has 0 saturated heterocycles. The summed E-state index contributed by atoms with van der Waals surface area (Å²) in [5, 5.41) is 10.3. The summed E-state index contributed by atoms with van der Waals surface area (Å²) in [5.41, 5.74) is 2.54. The average Bonchev–Trinajstić information content (AvgIpc) is 3.08. The Bertz CT molecular complexity index is 785. The van der Waals surface area contributed by atoms with Crippen LogP contribution in [0.5, 0.6) is 0 Å². The highest BCUT2D eigenvalue weighted by Crippen LogP contribution is 2.22. The molecule has 144 valence electrons. The Hall–Kier alpha value is -2.70. The monoisotopic (exact) mass is 369 g/mol. The summed E-state index contributed by atoms with van der Waals surface area (Å²) >= 11 is 0. The molecule has 2 amide bonds. The molecule has 0 spiro atoms. The fourth-order valence-electron chi connectivity index (χ4n) is 3.34. The van der Waals surface area contributed by atoms with E-state index in [1.807, 2.05) is 36.7 Å². The van der Waals surface area contributed by atoms with Crippen molar-refractivity contribution in [2.75, 3.05) is 6.54 Å². The van der Waals surface area contributed by atoms with Gasteiger partial charge in [-0.15, -0.1) is 0 Å². The lowest BCUT2D eigenvalue weighted by molar-refractivity contribution is -0.121. The van der Waals surface area contributed by atoms with E-state index in [4.69, 9.17) is 0 Å². The van der Waals surface area contributed by atoms with Crippen molar-refractivity contribution in [3.05, 3.63) is 47.5 Å². The molecular formula is C20H27N5O2. The molecule has 0 fully saturated rings. The van der Waals surface area contributed by atoms with Gasteiger partial charge in [-0.1, -0.05) is 6.07 Å². The third-order valence-electron chi connectivity index (χ3n) is 4.77. The number of pyridine rings is 1. The topological polar surface area (TPSA) is 88.9 Å². The maximum absolute atomic E-state index is 12.3. The molecule has 2 N–H and O–H groups in total. The summed E-state index contributed by atoms with van der Waals surface area (Å²) in [5.74, 6) is 0.280. The Kier molecular flexibility index (Phi) is 6.21. The molecule has 2 aromatic heterocycles. The molecule has 3 heterocycles. The third kappa shape index (κ3) is 5.15. The number of carbonyl (C=O) groups excluding carboxylic acids is 2. The highest BCUT2D eigenvalue weighted by atomic mass is 16.2. The molecule has 0 aliphatic carbocycles. The number of nitrogens with one attached hydrogen (secondary N) is 2. The van der Waals surface area contributed by atoms with Crippen molar-refractivity contribution in [3.8, 4) is 0 Å². The molecule has 1 aliphatic rings. The number of aryl methyl sites for hydroxylation is 2. The van der Waals surface area contributed by atoms with Crippen LogP contribution >= 0.6 is 0 Å². The second-order valence-electron chi connectivity index (χ2n) is 7.34. The summed E-state index contributed by atoms with van der Waals surface area (Å²) in [6.07, 6.45) is 6.17. The van der Waals surface area contributed by atoms with Crippen molar-refractivity contribution in [2.45, 2.75) is 52.1 Å². The number of nitrogens with zero attached hydrogens (tertiary/aromatic N) is 3. The van der Waals surface area contributed by atoms with E-state index in [-0.39, 0.29) is 17.9 Å². The van der Waals surface area contributed by atoms with Gasteiger partial charge in [-0.05, 0) is 51.2 Å². The molecule has 2 aromatic rings. The highest BCUT2D eigenvalue weighted by molar-refractivity contribution is 5.95. The average molecular weight is 369 g/mol. The molecular weight excluding hydrogens is 342 g/mol. The Morgan fingerprint density at radius 1 is 1.33 bits per heavy atom. The van der Waals surface area contributed by atoms with Crippen LogP contribution in [0.2, 0.25) is 0 Å². The fraction of sp³-hybridized carbons (Fsp3) is 0.500. The van der Waals surface area contributed by atoms with E-state index in [0.29, 0.717) is 30.9 Å². The van der Waals surface area contributed by atoms with Crippen LogP contribution < -0.4 is 10.6 Å². The van der Waals surface area contributed by atoms with Gasteiger partial charge in [0.05, 0.1) is 17.5 Å². The Balaban J connectivity index is 1.50. The van der Waals surface area contributed by atoms with Crippen LogP contribution in [0.3, 0.4) is 0 Å². The van der Waals surface area contributed by atoms with Crippen LogP contribution in [0, 0.1) is 5.92 Å². The summed E-state index contributed by atoms with van der Waals surface area (Å²) in [7, 11) is 0. The van der Waals surface area contributed by atoms with Crippen LogP contribution in [0.25, 0.3) is 0 Å². The van der Waals surface area contributed by atoms with Gasteiger partial charge in [-0.2, -0.15) is 5.10 Å². The van der Waals surface area contributed by atoms with Crippen LogP contribution in [-0.2, 0) is 24.2 Å². The maximum atomic E-state index is 12.3. The molecule has 1 aliphatic heterocycles. The third-order valence-corrected chi connectivity index (χ3v) is 4.77. The maximum Gasteiger partial charge on any atom is 0.254 e. The van der Waals surface area contributed by atoms with Gasteiger partial charge in [0.2, 0.25) is 5.91 Å². The zero-order valence-electron chi connectivity index (χ0n) is 15.9. The summed E-state index contributed by atoms with van der Waals surface area (Å²) < 4.78 is 1.91. The number of fused-ring (bicyclic) bond motifs is 1. The molecule has 0 aromatic carbocycles. The van der Waals surface area contributed by atoms with Gasteiger partial charge in [0.25, 0.3) is 5.91 Å². The first-order valence-electron chi connectivity index (χ1n) is 9.55. The van der Waals surface area contributed by atoms with E-state index >= 15 is 0 Å². The minimum absolute atomic E-state index is 0.0394. The van der Waals surface area contributed by atoms with E-state index in [9.17, 15) is 9.59 Å². The predicted octanol–water partition coefficient (Wildman–Crippen LogP) is 1.73. The lowest BCUT2D eigenvalue weighted by Crippen LogP contribution is -2.35. The number of amides is 2. The summed E-state index contributed by atoms with van der Waals surface area (Å²) in [6, 6.07) is 5.82. The van der Waals surface area contributed by atoms with Gasteiger partial charge >= 0.3 is 0 Å². The van der Waals surface area contributed by atoms with Crippen molar-refractivity contribution in [3.63, 3.8) is 0 Å². The Labute approximate surface area is 159 Å². The van der Waals surface area contributed by atoms with Crippen LogP contribution in [-0.4, -0.2) is 39.2 Å².